The van der Waals surface area contributed by atoms with Crippen LogP contribution in [0.1, 0.15) is 18.8 Å². The first-order valence-electron chi connectivity index (χ1n) is 8.93. The van der Waals surface area contributed by atoms with Crippen molar-refractivity contribution in [3.63, 3.8) is 0 Å². The van der Waals surface area contributed by atoms with E-state index in [4.69, 9.17) is 13.7 Å². The molecule has 1 fully saturated rings. The first kappa shape index (κ1) is 18.3. The fourth-order valence-electron chi connectivity index (χ4n) is 3.24. The number of aromatic nitrogens is 5. The monoisotopic (exact) mass is 415 g/mol. The zero-order valence-corrected chi connectivity index (χ0v) is 16.1. The average molecular weight is 415 g/mol. The molecule has 150 valence electrons. The molecule has 0 spiro atoms. The van der Waals surface area contributed by atoms with E-state index in [9.17, 15) is 10.2 Å². The first-order chi connectivity index (χ1) is 14.1. The lowest BCUT2D eigenvalue weighted by Crippen LogP contribution is -2.30. The minimum Gasteiger partial charge on any atom is -0.461 e. The van der Waals surface area contributed by atoms with Gasteiger partial charge in [0.05, 0.1) is 24.4 Å². The van der Waals surface area contributed by atoms with Crippen LogP contribution in [0.15, 0.2) is 51.1 Å². The Morgan fingerprint density at radius 3 is 2.83 bits per heavy atom. The maximum atomic E-state index is 10.3. The Hall–Kier alpha value is -2.73. The van der Waals surface area contributed by atoms with E-state index >= 15 is 0 Å². The SMILES string of the molecule is C[C@H]1O[C@@H](n2cnc3c(SCc4cc(-c5ccco5)on4)ncnc32)[C@H](O)[C@@H]1O. The molecule has 1 saturated heterocycles. The molecule has 4 atom stereocenters. The van der Waals surface area contributed by atoms with Crippen LogP contribution < -0.4 is 0 Å². The molecule has 0 radical (unpaired) electrons. The third kappa shape index (κ3) is 3.21. The predicted molar refractivity (Wildman–Crippen MR) is 101 cm³/mol. The molecule has 0 amide bonds. The van der Waals surface area contributed by atoms with Crippen LogP contribution in [-0.2, 0) is 10.5 Å². The van der Waals surface area contributed by atoms with Gasteiger partial charge in [0.1, 0.15) is 29.1 Å². The van der Waals surface area contributed by atoms with Gasteiger partial charge in [0, 0.05) is 11.8 Å². The molecule has 5 rings (SSSR count). The van der Waals surface area contributed by atoms with Gasteiger partial charge >= 0.3 is 0 Å². The summed E-state index contributed by atoms with van der Waals surface area (Å²) in [6, 6.07) is 5.40. The minimum atomic E-state index is -1.07. The van der Waals surface area contributed by atoms with Crippen molar-refractivity contribution in [1.82, 2.24) is 24.7 Å². The summed E-state index contributed by atoms with van der Waals surface area (Å²) >= 11 is 1.44. The second kappa shape index (κ2) is 7.26. The van der Waals surface area contributed by atoms with E-state index < -0.39 is 24.5 Å². The summed E-state index contributed by atoms with van der Waals surface area (Å²) in [5, 5.41) is 25.0. The maximum absolute atomic E-state index is 10.3. The Kier molecular flexibility index (Phi) is 4.59. The van der Waals surface area contributed by atoms with Gasteiger partial charge in [-0.2, -0.15) is 0 Å². The number of aliphatic hydroxyl groups is 2. The average Bonchev–Trinajstić information content (AvgIpc) is 3.51. The van der Waals surface area contributed by atoms with E-state index in [2.05, 4.69) is 20.1 Å². The van der Waals surface area contributed by atoms with Crippen molar-refractivity contribution in [3.05, 3.63) is 42.8 Å². The predicted octanol–water partition coefficient (Wildman–Crippen LogP) is 2.01. The van der Waals surface area contributed by atoms with Crippen LogP contribution in [0.25, 0.3) is 22.7 Å². The lowest BCUT2D eigenvalue weighted by molar-refractivity contribution is -0.0299. The van der Waals surface area contributed by atoms with Gasteiger partial charge in [-0.25, -0.2) is 15.0 Å². The van der Waals surface area contributed by atoms with Crippen LogP contribution in [0, 0.1) is 0 Å². The molecule has 1 aliphatic rings. The topological polar surface area (TPSA) is 132 Å². The van der Waals surface area contributed by atoms with Crippen molar-refractivity contribution in [2.24, 2.45) is 0 Å². The van der Waals surface area contributed by atoms with E-state index in [-0.39, 0.29) is 0 Å². The van der Waals surface area contributed by atoms with E-state index in [0.29, 0.717) is 33.5 Å². The highest BCUT2D eigenvalue weighted by Crippen LogP contribution is 2.33. The number of furan rings is 1. The third-order valence-electron chi connectivity index (χ3n) is 4.76. The first-order valence-corrected chi connectivity index (χ1v) is 9.92. The highest BCUT2D eigenvalue weighted by atomic mass is 32.2. The highest BCUT2D eigenvalue weighted by Gasteiger charge is 2.42. The fourth-order valence-corrected chi connectivity index (χ4v) is 4.06. The van der Waals surface area contributed by atoms with Gasteiger partial charge in [-0.15, -0.1) is 0 Å². The molecule has 0 bridgehead atoms. The Labute approximate surface area is 168 Å². The summed E-state index contributed by atoms with van der Waals surface area (Å²) in [6.45, 7) is 1.71. The van der Waals surface area contributed by atoms with Gasteiger partial charge in [0.25, 0.3) is 0 Å². The molecular formula is C18H17N5O5S. The highest BCUT2D eigenvalue weighted by molar-refractivity contribution is 7.98. The molecule has 0 unspecified atom stereocenters. The van der Waals surface area contributed by atoms with Crippen LogP contribution in [0.4, 0.5) is 0 Å². The van der Waals surface area contributed by atoms with Gasteiger partial charge in [-0.1, -0.05) is 16.9 Å². The van der Waals surface area contributed by atoms with Crippen molar-refractivity contribution in [2.75, 3.05) is 0 Å². The quantitative estimate of drug-likeness (QED) is 0.368. The number of hydrogen-bond donors (Lipinski definition) is 2. The van der Waals surface area contributed by atoms with Gasteiger partial charge in [0.2, 0.25) is 5.76 Å². The maximum Gasteiger partial charge on any atom is 0.202 e. The smallest absolute Gasteiger partial charge is 0.202 e. The van der Waals surface area contributed by atoms with E-state index in [1.807, 2.05) is 6.07 Å². The number of fused-ring (bicyclic) bond motifs is 1. The van der Waals surface area contributed by atoms with Crippen molar-refractivity contribution >= 4 is 22.9 Å². The third-order valence-corrected chi connectivity index (χ3v) is 5.77. The number of imidazole rings is 1. The summed E-state index contributed by atoms with van der Waals surface area (Å²) < 4.78 is 17.9. The summed E-state index contributed by atoms with van der Waals surface area (Å²) in [5.41, 5.74) is 1.83. The minimum absolute atomic E-state index is 0.487. The van der Waals surface area contributed by atoms with Crippen molar-refractivity contribution in [2.45, 2.75) is 42.2 Å². The molecule has 1 aliphatic heterocycles. The normalized spacial score (nSPS) is 24.5. The van der Waals surface area contributed by atoms with Gasteiger partial charge in [-0.05, 0) is 19.1 Å². The van der Waals surface area contributed by atoms with Crippen LogP contribution in [0.2, 0.25) is 0 Å². The molecule has 0 saturated carbocycles. The second-order valence-electron chi connectivity index (χ2n) is 6.66. The standard InChI is InChI=1S/C18H17N5O5S/c1-9-14(24)15(25)18(27-9)23-8-21-13-16(23)19-7-20-17(13)29-6-10-5-12(28-22-10)11-3-2-4-26-11/h2-5,7-9,14-15,18,24-25H,6H2,1H3/t9-,14-,15-,18-/m1/s1. The zero-order chi connectivity index (χ0) is 20.0. The van der Waals surface area contributed by atoms with Crippen molar-refractivity contribution in [3.8, 4) is 11.5 Å². The Morgan fingerprint density at radius 2 is 2.07 bits per heavy atom. The summed E-state index contributed by atoms with van der Waals surface area (Å²) in [4.78, 5) is 13.0. The molecular weight excluding hydrogens is 398 g/mol. The molecule has 5 heterocycles. The fraction of sp³-hybridized carbons (Fsp3) is 0.333. The molecule has 10 nitrogen and oxygen atoms in total. The van der Waals surface area contributed by atoms with Crippen LogP contribution in [0.3, 0.4) is 0 Å². The molecule has 2 N–H and O–H groups in total. The number of hydrogen-bond acceptors (Lipinski definition) is 10. The van der Waals surface area contributed by atoms with E-state index in [0.717, 1.165) is 5.69 Å². The number of aliphatic hydroxyl groups excluding tert-OH is 2. The molecule has 0 aliphatic carbocycles. The van der Waals surface area contributed by atoms with Crippen LogP contribution in [-0.4, -0.2) is 53.2 Å². The van der Waals surface area contributed by atoms with E-state index in [1.165, 1.54) is 24.4 Å². The summed E-state index contributed by atoms with van der Waals surface area (Å²) in [5.74, 6) is 1.69. The van der Waals surface area contributed by atoms with Crippen molar-refractivity contribution in [1.29, 1.82) is 0 Å². The lowest BCUT2D eigenvalue weighted by atomic mass is 10.1. The van der Waals surface area contributed by atoms with Crippen LogP contribution in [0.5, 0.6) is 0 Å². The lowest BCUT2D eigenvalue weighted by Gasteiger charge is -2.16. The Bertz CT molecular complexity index is 1130. The molecule has 29 heavy (non-hydrogen) atoms. The van der Waals surface area contributed by atoms with Gasteiger partial charge in [0.15, 0.2) is 17.6 Å². The number of ether oxygens (including phenoxy) is 1. The van der Waals surface area contributed by atoms with Gasteiger partial charge in [-0.3, -0.25) is 4.57 Å². The number of nitrogens with zero attached hydrogens (tertiary/aromatic N) is 5. The summed E-state index contributed by atoms with van der Waals surface area (Å²) in [7, 11) is 0. The number of rotatable bonds is 5. The molecule has 11 heteroatoms. The second-order valence-corrected chi connectivity index (χ2v) is 7.63. The molecule has 0 aromatic carbocycles. The molecule has 4 aromatic rings. The Balaban J connectivity index is 1.37. The summed E-state index contributed by atoms with van der Waals surface area (Å²) in [6.07, 6.45) is 1.26. The Morgan fingerprint density at radius 1 is 1.17 bits per heavy atom. The van der Waals surface area contributed by atoms with Crippen molar-refractivity contribution < 1.29 is 23.9 Å². The van der Waals surface area contributed by atoms with Crippen LogP contribution >= 0.6 is 11.8 Å². The van der Waals surface area contributed by atoms with E-state index in [1.54, 1.807) is 29.9 Å². The largest absolute Gasteiger partial charge is 0.461 e. The number of thioether (sulfide) groups is 1. The molecule has 4 aromatic heterocycles. The zero-order valence-electron chi connectivity index (χ0n) is 15.2. The van der Waals surface area contributed by atoms with Gasteiger partial charge < -0.3 is 23.9 Å².